The molecule has 0 radical (unpaired) electrons. The molecule has 3 aromatic rings. The topological polar surface area (TPSA) is 83.4 Å². The Morgan fingerprint density at radius 2 is 1.83 bits per heavy atom. The van der Waals surface area contributed by atoms with Crippen LogP contribution in [0.2, 0.25) is 5.02 Å². The molecular weight excluding hydrogens is 250 g/mol. The molecule has 2 heterocycles. The van der Waals surface area contributed by atoms with E-state index in [0.29, 0.717) is 10.8 Å². The number of rotatable bonds is 2. The number of benzene rings is 1. The van der Waals surface area contributed by atoms with Crippen LogP contribution in [0.15, 0.2) is 36.5 Å². The third-order valence-corrected chi connectivity index (χ3v) is 2.95. The highest BCUT2D eigenvalue weighted by Gasteiger charge is 2.15. The first-order valence-corrected chi connectivity index (χ1v) is 5.73. The summed E-state index contributed by atoms with van der Waals surface area (Å²) in [6.45, 7) is 0. The van der Waals surface area contributed by atoms with E-state index in [9.17, 15) is 0 Å². The molecule has 1 aromatic carbocycles. The van der Waals surface area contributed by atoms with Crippen molar-refractivity contribution in [2.45, 2.75) is 0 Å². The average molecular weight is 260 g/mol. The van der Waals surface area contributed by atoms with Crippen LogP contribution in [0.3, 0.4) is 0 Å². The molecule has 0 amide bonds. The third kappa shape index (κ3) is 1.74. The maximum absolute atomic E-state index is 5.91. The minimum atomic E-state index is 0.446. The number of hydrogen-bond donors (Lipinski definition) is 3. The number of nitrogens with one attached hydrogen (secondary N) is 2. The third-order valence-electron chi connectivity index (χ3n) is 2.70. The van der Waals surface area contributed by atoms with Gasteiger partial charge in [-0.3, -0.25) is 10.2 Å². The first-order valence-electron chi connectivity index (χ1n) is 5.35. The summed E-state index contributed by atoms with van der Waals surface area (Å²) in [5.74, 6) is 0.446. The molecule has 0 aliphatic heterocycles. The van der Waals surface area contributed by atoms with Gasteiger partial charge in [-0.05, 0) is 23.8 Å². The molecule has 0 saturated carbocycles. The number of aromatic amines is 2. The number of anilines is 1. The van der Waals surface area contributed by atoms with Crippen LogP contribution in [0.4, 0.5) is 5.82 Å². The molecule has 0 aliphatic carbocycles. The van der Waals surface area contributed by atoms with E-state index >= 15 is 0 Å². The summed E-state index contributed by atoms with van der Waals surface area (Å²) in [7, 11) is 0. The molecule has 0 spiro atoms. The molecule has 0 unspecified atom stereocenters. The minimum absolute atomic E-state index is 0.446. The van der Waals surface area contributed by atoms with E-state index in [0.717, 1.165) is 22.5 Å². The molecule has 90 valence electrons. The Hall–Kier alpha value is -2.27. The van der Waals surface area contributed by atoms with E-state index in [-0.39, 0.29) is 0 Å². The zero-order valence-electron chi connectivity index (χ0n) is 9.31. The summed E-state index contributed by atoms with van der Waals surface area (Å²) < 4.78 is 0. The molecule has 0 saturated heterocycles. The van der Waals surface area contributed by atoms with Gasteiger partial charge in [0.2, 0.25) is 0 Å². The van der Waals surface area contributed by atoms with Gasteiger partial charge in [0.15, 0.2) is 5.82 Å². The lowest BCUT2D eigenvalue weighted by Gasteiger charge is -2.03. The summed E-state index contributed by atoms with van der Waals surface area (Å²) in [5.41, 5.74) is 9.35. The van der Waals surface area contributed by atoms with Crippen LogP contribution in [0.25, 0.3) is 22.5 Å². The predicted molar refractivity (Wildman–Crippen MR) is 71.0 cm³/mol. The largest absolute Gasteiger partial charge is 0.382 e. The summed E-state index contributed by atoms with van der Waals surface area (Å²) in [6, 6.07) is 9.30. The SMILES string of the molecule is Nc1n[nH]c(-c2ccn[nH]2)c1-c1ccc(Cl)cc1. The van der Waals surface area contributed by atoms with Gasteiger partial charge in [0.25, 0.3) is 0 Å². The van der Waals surface area contributed by atoms with Crippen molar-refractivity contribution in [1.82, 2.24) is 20.4 Å². The molecule has 3 rings (SSSR count). The van der Waals surface area contributed by atoms with Crippen molar-refractivity contribution in [1.29, 1.82) is 0 Å². The zero-order valence-corrected chi connectivity index (χ0v) is 10.1. The van der Waals surface area contributed by atoms with E-state index in [1.165, 1.54) is 0 Å². The van der Waals surface area contributed by atoms with E-state index < -0.39 is 0 Å². The van der Waals surface area contributed by atoms with Crippen molar-refractivity contribution < 1.29 is 0 Å². The number of hydrogen-bond acceptors (Lipinski definition) is 3. The quantitative estimate of drug-likeness (QED) is 0.662. The van der Waals surface area contributed by atoms with Crippen LogP contribution < -0.4 is 5.73 Å². The van der Waals surface area contributed by atoms with Crippen LogP contribution in [0.1, 0.15) is 0 Å². The number of nitrogens with zero attached hydrogens (tertiary/aromatic N) is 2. The molecular formula is C12H10ClN5. The van der Waals surface area contributed by atoms with Gasteiger partial charge in [-0.1, -0.05) is 23.7 Å². The first kappa shape index (κ1) is 10.9. The van der Waals surface area contributed by atoms with E-state index in [1.54, 1.807) is 6.20 Å². The Morgan fingerprint density at radius 3 is 2.50 bits per heavy atom. The first-order chi connectivity index (χ1) is 8.75. The van der Waals surface area contributed by atoms with Crippen LogP contribution >= 0.6 is 11.6 Å². The Kier molecular flexibility index (Phi) is 2.53. The van der Waals surface area contributed by atoms with Crippen LogP contribution in [0, 0.1) is 0 Å². The lowest BCUT2D eigenvalue weighted by molar-refractivity contribution is 1.06. The van der Waals surface area contributed by atoms with Crippen molar-refractivity contribution in [3.63, 3.8) is 0 Å². The zero-order chi connectivity index (χ0) is 12.5. The molecule has 0 fully saturated rings. The molecule has 4 N–H and O–H groups in total. The lowest BCUT2D eigenvalue weighted by Crippen LogP contribution is -1.88. The fourth-order valence-corrected chi connectivity index (χ4v) is 1.98. The Morgan fingerprint density at radius 1 is 1.06 bits per heavy atom. The molecule has 0 aliphatic rings. The van der Waals surface area contributed by atoms with E-state index in [4.69, 9.17) is 17.3 Å². The van der Waals surface area contributed by atoms with Gasteiger partial charge in [0.05, 0.1) is 17.0 Å². The highest BCUT2D eigenvalue weighted by Crippen LogP contribution is 2.33. The van der Waals surface area contributed by atoms with Crippen molar-refractivity contribution in [2.75, 3.05) is 5.73 Å². The fraction of sp³-hybridized carbons (Fsp3) is 0. The van der Waals surface area contributed by atoms with Gasteiger partial charge < -0.3 is 5.73 Å². The number of nitrogen functional groups attached to an aromatic ring is 1. The molecule has 5 nitrogen and oxygen atoms in total. The maximum Gasteiger partial charge on any atom is 0.153 e. The normalized spacial score (nSPS) is 10.7. The molecule has 0 bridgehead atoms. The minimum Gasteiger partial charge on any atom is -0.382 e. The second kappa shape index (κ2) is 4.19. The van der Waals surface area contributed by atoms with Gasteiger partial charge >= 0.3 is 0 Å². The fourth-order valence-electron chi connectivity index (χ4n) is 1.85. The van der Waals surface area contributed by atoms with E-state index in [2.05, 4.69) is 20.4 Å². The Bertz CT molecular complexity index is 654. The average Bonchev–Trinajstić information content (AvgIpc) is 2.99. The van der Waals surface area contributed by atoms with Gasteiger partial charge in [0.1, 0.15) is 0 Å². The van der Waals surface area contributed by atoms with Gasteiger partial charge in [-0.25, -0.2) is 0 Å². The highest BCUT2D eigenvalue weighted by molar-refractivity contribution is 6.30. The molecule has 18 heavy (non-hydrogen) atoms. The number of aromatic nitrogens is 4. The van der Waals surface area contributed by atoms with E-state index in [1.807, 2.05) is 30.3 Å². The van der Waals surface area contributed by atoms with Crippen LogP contribution in [0.5, 0.6) is 0 Å². The van der Waals surface area contributed by atoms with Gasteiger partial charge in [-0.2, -0.15) is 10.2 Å². The van der Waals surface area contributed by atoms with Crippen molar-refractivity contribution in [2.24, 2.45) is 0 Å². The van der Waals surface area contributed by atoms with Gasteiger partial charge in [0, 0.05) is 11.2 Å². The van der Waals surface area contributed by atoms with Crippen LogP contribution in [-0.2, 0) is 0 Å². The van der Waals surface area contributed by atoms with Crippen molar-refractivity contribution >= 4 is 17.4 Å². The number of halogens is 1. The van der Waals surface area contributed by atoms with Gasteiger partial charge in [-0.15, -0.1) is 0 Å². The smallest absolute Gasteiger partial charge is 0.153 e. The predicted octanol–water partition coefficient (Wildman–Crippen LogP) is 2.70. The van der Waals surface area contributed by atoms with Crippen molar-refractivity contribution in [3.05, 3.63) is 41.6 Å². The Balaban J connectivity index is 2.17. The number of nitrogens with two attached hydrogens (primary N) is 1. The lowest BCUT2D eigenvalue weighted by atomic mass is 10.0. The summed E-state index contributed by atoms with van der Waals surface area (Å²) >= 11 is 5.88. The highest BCUT2D eigenvalue weighted by atomic mass is 35.5. The summed E-state index contributed by atoms with van der Waals surface area (Å²) in [5, 5.41) is 14.4. The Labute approximate surface area is 108 Å². The van der Waals surface area contributed by atoms with Crippen molar-refractivity contribution in [3.8, 4) is 22.5 Å². The summed E-state index contributed by atoms with van der Waals surface area (Å²) in [4.78, 5) is 0. The second-order valence-corrected chi connectivity index (χ2v) is 4.27. The standard InChI is InChI=1S/C12H10ClN5/c13-8-3-1-7(2-4-8)10-11(17-18-12(10)14)9-5-6-15-16-9/h1-6H,(H,15,16)(H3,14,17,18). The molecule has 2 aromatic heterocycles. The second-order valence-electron chi connectivity index (χ2n) is 3.84. The maximum atomic E-state index is 5.91. The molecule has 6 heteroatoms. The summed E-state index contributed by atoms with van der Waals surface area (Å²) in [6.07, 6.45) is 1.68. The number of H-pyrrole nitrogens is 2. The molecule has 0 atom stereocenters. The monoisotopic (exact) mass is 259 g/mol. The van der Waals surface area contributed by atoms with Crippen LogP contribution in [-0.4, -0.2) is 20.4 Å².